The van der Waals surface area contributed by atoms with Gasteiger partial charge in [-0.15, -0.1) is 11.3 Å². The number of ketones is 1. The fourth-order valence-electron chi connectivity index (χ4n) is 1.95. The molecule has 0 saturated heterocycles. The van der Waals surface area contributed by atoms with E-state index >= 15 is 0 Å². The van der Waals surface area contributed by atoms with Gasteiger partial charge < -0.3 is 20.1 Å². The molecule has 0 unspecified atom stereocenters. The molecular weight excluding hydrogens is 372 g/mol. The predicted octanol–water partition coefficient (Wildman–Crippen LogP) is 1.03. The first-order valence-electron chi connectivity index (χ1n) is 7.91. The molecule has 1 aromatic heterocycles. The molecule has 142 valence electrons. The zero-order valence-corrected chi connectivity index (χ0v) is 15.3. The van der Waals surface area contributed by atoms with Gasteiger partial charge in [0.15, 0.2) is 12.4 Å². The van der Waals surface area contributed by atoms with Gasteiger partial charge >= 0.3 is 5.97 Å². The lowest BCUT2D eigenvalue weighted by molar-refractivity contribution is -0.142. The molecular formula is C18H18N2O6S. The molecule has 8 nitrogen and oxygen atoms in total. The summed E-state index contributed by atoms with van der Waals surface area (Å²) in [6.07, 6.45) is 0. The first kappa shape index (κ1) is 20.1. The van der Waals surface area contributed by atoms with Crippen molar-refractivity contribution in [1.82, 2.24) is 10.6 Å². The Morgan fingerprint density at radius 2 is 1.74 bits per heavy atom. The number of Topliss-reactive ketones (excluding diaryl/α,β-unsaturated/α-hetero) is 1. The number of rotatable bonds is 9. The number of carbonyl (C=O) groups excluding carboxylic acids is 4. The molecule has 0 saturated carbocycles. The smallest absolute Gasteiger partial charge is 0.325 e. The van der Waals surface area contributed by atoms with E-state index < -0.39 is 25.0 Å². The fourth-order valence-corrected chi connectivity index (χ4v) is 2.59. The van der Waals surface area contributed by atoms with E-state index in [-0.39, 0.29) is 18.2 Å². The van der Waals surface area contributed by atoms with E-state index in [9.17, 15) is 19.2 Å². The summed E-state index contributed by atoms with van der Waals surface area (Å²) in [5, 5.41) is 6.49. The molecule has 1 aromatic carbocycles. The fraction of sp³-hybridized carbons (Fsp3) is 0.222. The van der Waals surface area contributed by atoms with E-state index in [2.05, 4.69) is 10.6 Å². The Balaban J connectivity index is 1.65. The summed E-state index contributed by atoms with van der Waals surface area (Å²) in [6, 6.07) is 9.73. The normalized spacial score (nSPS) is 9.96. The highest BCUT2D eigenvalue weighted by molar-refractivity contribution is 7.12. The third-order valence-electron chi connectivity index (χ3n) is 3.36. The van der Waals surface area contributed by atoms with Crippen LogP contribution in [0.4, 0.5) is 0 Å². The van der Waals surface area contributed by atoms with Gasteiger partial charge in [-0.05, 0) is 35.7 Å². The zero-order chi connectivity index (χ0) is 19.6. The van der Waals surface area contributed by atoms with Gasteiger partial charge in [0.2, 0.25) is 5.91 Å². The Morgan fingerprint density at radius 1 is 1.00 bits per heavy atom. The highest BCUT2D eigenvalue weighted by Crippen LogP contribution is 2.11. The Morgan fingerprint density at radius 3 is 2.37 bits per heavy atom. The molecule has 2 N–H and O–H groups in total. The number of methoxy groups -OCH3 is 1. The minimum absolute atomic E-state index is 0.269. The van der Waals surface area contributed by atoms with Gasteiger partial charge in [-0.1, -0.05) is 6.07 Å². The topological polar surface area (TPSA) is 111 Å². The van der Waals surface area contributed by atoms with Crippen molar-refractivity contribution < 1.29 is 28.7 Å². The van der Waals surface area contributed by atoms with Gasteiger partial charge in [0.1, 0.15) is 12.3 Å². The highest BCUT2D eigenvalue weighted by Gasteiger charge is 2.12. The van der Waals surface area contributed by atoms with Crippen molar-refractivity contribution in [2.75, 3.05) is 26.8 Å². The van der Waals surface area contributed by atoms with Crippen molar-refractivity contribution >= 4 is 34.9 Å². The van der Waals surface area contributed by atoms with Gasteiger partial charge in [0.25, 0.3) is 5.91 Å². The average Bonchev–Trinajstić information content (AvgIpc) is 3.23. The molecule has 2 rings (SSSR count). The van der Waals surface area contributed by atoms with Crippen molar-refractivity contribution in [3.63, 3.8) is 0 Å². The van der Waals surface area contributed by atoms with Crippen molar-refractivity contribution in [1.29, 1.82) is 0 Å². The monoisotopic (exact) mass is 390 g/mol. The van der Waals surface area contributed by atoms with Crippen LogP contribution in [0.5, 0.6) is 5.75 Å². The molecule has 0 fully saturated rings. The maximum Gasteiger partial charge on any atom is 0.325 e. The summed E-state index contributed by atoms with van der Waals surface area (Å²) in [5.41, 5.74) is 0.379. The molecule has 9 heteroatoms. The molecule has 0 radical (unpaired) electrons. The SMILES string of the molecule is COc1ccc(C(=O)COC(=O)CNC(=O)CNC(=O)c2cccs2)cc1. The molecule has 2 aromatic rings. The van der Waals surface area contributed by atoms with Crippen LogP contribution in [0, 0.1) is 0 Å². The number of hydrogen-bond acceptors (Lipinski definition) is 7. The maximum atomic E-state index is 11.9. The number of esters is 1. The molecule has 0 bridgehead atoms. The number of thiophene rings is 1. The molecule has 0 aliphatic rings. The zero-order valence-electron chi connectivity index (χ0n) is 14.5. The van der Waals surface area contributed by atoms with Crippen LogP contribution < -0.4 is 15.4 Å². The lowest BCUT2D eigenvalue weighted by atomic mass is 10.1. The van der Waals surface area contributed by atoms with Crippen LogP contribution in [0.2, 0.25) is 0 Å². The molecule has 0 aliphatic carbocycles. The third kappa shape index (κ3) is 6.55. The second kappa shape index (κ2) is 10.1. The van der Waals surface area contributed by atoms with Crippen molar-refractivity contribution in [2.45, 2.75) is 0 Å². The number of nitrogens with one attached hydrogen (secondary N) is 2. The second-order valence-corrected chi connectivity index (χ2v) is 6.20. The van der Waals surface area contributed by atoms with Crippen LogP contribution in [-0.4, -0.2) is 50.4 Å². The van der Waals surface area contributed by atoms with Crippen molar-refractivity contribution in [3.8, 4) is 5.75 Å². The summed E-state index contributed by atoms with van der Waals surface area (Å²) in [6.45, 7) is -1.10. The molecule has 27 heavy (non-hydrogen) atoms. The van der Waals surface area contributed by atoms with Gasteiger partial charge in [-0.25, -0.2) is 0 Å². The molecule has 0 aliphatic heterocycles. The van der Waals surface area contributed by atoms with Crippen LogP contribution in [-0.2, 0) is 14.3 Å². The molecule has 2 amide bonds. The van der Waals surface area contributed by atoms with Gasteiger partial charge in [0, 0.05) is 5.56 Å². The highest BCUT2D eigenvalue weighted by atomic mass is 32.1. The van der Waals surface area contributed by atoms with Gasteiger partial charge in [-0.2, -0.15) is 0 Å². The predicted molar refractivity (Wildman–Crippen MR) is 97.9 cm³/mol. The van der Waals surface area contributed by atoms with Crippen LogP contribution in [0.3, 0.4) is 0 Å². The molecule has 1 heterocycles. The lowest BCUT2D eigenvalue weighted by Crippen LogP contribution is -2.39. The minimum Gasteiger partial charge on any atom is -0.497 e. The summed E-state index contributed by atoms with van der Waals surface area (Å²) < 4.78 is 9.82. The van der Waals surface area contributed by atoms with E-state index in [0.717, 1.165) is 0 Å². The van der Waals surface area contributed by atoms with Gasteiger partial charge in [0.05, 0.1) is 18.5 Å². The van der Waals surface area contributed by atoms with Crippen LogP contribution >= 0.6 is 11.3 Å². The summed E-state index contributed by atoms with van der Waals surface area (Å²) >= 11 is 1.25. The maximum absolute atomic E-state index is 11.9. The number of benzene rings is 1. The summed E-state index contributed by atoms with van der Waals surface area (Å²) in [4.78, 5) is 47.3. The summed E-state index contributed by atoms with van der Waals surface area (Å²) in [5.74, 6) is -1.43. The Bertz CT molecular complexity index is 802. The van der Waals surface area contributed by atoms with Crippen LogP contribution in [0.15, 0.2) is 41.8 Å². The Kier molecular flexibility index (Phi) is 7.50. The third-order valence-corrected chi connectivity index (χ3v) is 4.23. The first-order valence-corrected chi connectivity index (χ1v) is 8.79. The number of amides is 2. The minimum atomic E-state index is -0.755. The first-order chi connectivity index (χ1) is 13.0. The second-order valence-electron chi connectivity index (χ2n) is 5.25. The van der Waals surface area contributed by atoms with E-state index in [1.807, 2.05) is 0 Å². The quantitative estimate of drug-likeness (QED) is 0.489. The molecule has 0 spiro atoms. The Hall–Kier alpha value is -3.20. The molecule has 0 atom stereocenters. The van der Waals surface area contributed by atoms with Crippen molar-refractivity contribution in [3.05, 3.63) is 52.2 Å². The number of carbonyl (C=O) groups is 4. The Labute approximate surface area is 159 Å². The van der Waals surface area contributed by atoms with Gasteiger partial charge in [-0.3, -0.25) is 19.2 Å². The number of ether oxygens (including phenoxy) is 2. The van der Waals surface area contributed by atoms with Crippen LogP contribution in [0.1, 0.15) is 20.0 Å². The lowest BCUT2D eigenvalue weighted by Gasteiger charge is -2.07. The van der Waals surface area contributed by atoms with E-state index in [0.29, 0.717) is 16.2 Å². The average molecular weight is 390 g/mol. The standard InChI is InChI=1S/C18H18N2O6S/c1-25-13-6-4-12(5-7-13)14(21)11-26-17(23)10-19-16(22)9-20-18(24)15-3-2-8-27-15/h2-8H,9-11H2,1H3,(H,19,22)(H,20,24). The van der Waals surface area contributed by atoms with E-state index in [1.165, 1.54) is 18.4 Å². The van der Waals surface area contributed by atoms with E-state index in [1.54, 1.807) is 41.8 Å². The van der Waals surface area contributed by atoms with Crippen molar-refractivity contribution in [2.24, 2.45) is 0 Å². The summed E-state index contributed by atoms with van der Waals surface area (Å²) in [7, 11) is 1.51. The largest absolute Gasteiger partial charge is 0.497 e. The van der Waals surface area contributed by atoms with Crippen LogP contribution in [0.25, 0.3) is 0 Å². The number of hydrogen-bond donors (Lipinski definition) is 2. The van der Waals surface area contributed by atoms with E-state index in [4.69, 9.17) is 9.47 Å².